The number of rotatable bonds is 8. The van der Waals surface area contributed by atoms with Gasteiger partial charge in [0.25, 0.3) is 0 Å². The maximum Gasteiger partial charge on any atom is 0.356 e. The number of piperidine rings is 1. The summed E-state index contributed by atoms with van der Waals surface area (Å²) < 4.78 is 9.73. The van der Waals surface area contributed by atoms with Crippen LogP contribution in [-0.2, 0) is 13.1 Å². The van der Waals surface area contributed by atoms with Crippen LogP contribution in [0.5, 0.6) is 5.75 Å². The van der Waals surface area contributed by atoms with Crippen LogP contribution in [0.25, 0.3) is 11.0 Å². The second kappa shape index (κ2) is 9.49. The third-order valence-corrected chi connectivity index (χ3v) is 6.04. The minimum absolute atomic E-state index is 0.414. The van der Waals surface area contributed by atoms with Crippen LogP contribution in [0.2, 0.25) is 0 Å². The van der Waals surface area contributed by atoms with E-state index in [0.29, 0.717) is 19.1 Å². The van der Waals surface area contributed by atoms with Gasteiger partial charge in [-0.1, -0.05) is 30.7 Å². The number of nitrogens with two attached hydrogens (primary N) is 1. The van der Waals surface area contributed by atoms with Crippen molar-refractivity contribution in [1.29, 1.82) is 0 Å². The summed E-state index contributed by atoms with van der Waals surface area (Å²) in [6.07, 6.45) is 3.27. The molecule has 1 aliphatic rings. The molecule has 160 valence electrons. The lowest BCUT2D eigenvalue weighted by molar-refractivity contribution is -0.666. The first-order valence-electron chi connectivity index (χ1n) is 11.1. The van der Waals surface area contributed by atoms with Crippen molar-refractivity contribution >= 4 is 17.0 Å². The number of imidazole rings is 1. The number of nitrogen functional groups attached to an aromatic ring is 1. The molecule has 3 N–H and O–H groups in total. The Hall–Kier alpha value is -2.57. The smallest absolute Gasteiger partial charge is 0.356 e. The molecule has 0 saturated carbocycles. The van der Waals surface area contributed by atoms with E-state index in [1.165, 1.54) is 32.4 Å². The van der Waals surface area contributed by atoms with Gasteiger partial charge in [0.05, 0.1) is 13.2 Å². The summed E-state index contributed by atoms with van der Waals surface area (Å²) in [5.74, 6) is 1.51. The zero-order valence-electron chi connectivity index (χ0n) is 17.8. The number of likely N-dealkylation sites (tertiary alicyclic amines) is 1. The molecule has 0 unspecified atom stereocenters. The van der Waals surface area contributed by atoms with Crippen molar-refractivity contribution in [2.75, 3.05) is 32.0 Å². The van der Waals surface area contributed by atoms with Gasteiger partial charge in [0.2, 0.25) is 0 Å². The normalized spacial score (nSPS) is 16.1. The molecule has 0 bridgehead atoms. The molecule has 4 rings (SSSR count). The molecule has 3 aromatic rings. The van der Waals surface area contributed by atoms with E-state index in [-0.39, 0.29) is 0 Å². The summed E-state index contributed by atoms with van der Waals surface area (Å²) in [5, 5.41) is 10.9. The van der Waals surface area contributed by atoms with E-state index >= 15 is 0 Å². The van der Waals surface area contributed by atoms with Gasteiger partial charge < -0.3 is 14.7 Å². The summed E-state index contributed by atoms with van der Waals surface area (Å²) in [4.78, 5) is 2.52. The number of aliphatic hydroxyl groups is 1. The number of aromatic nitrogens is 2. The average Bonchev–Trinajstić information content (AvgIpc) is 3.04. The van der Waals surface area contributed by atoms with Crippen LogP contribution in [0.4, 0.5) is 5.95 Å². The van der Waals surface area contributed by atoms with Crippen LogP contribution in [-0.4, -0.2) is 40.8 Å². The van der Waals surface area contributed by atoms with E-state index in [2.05, 4.69) is 21.6 Å². The Bertz CT molecular complexity index is 961. The lowest BCUT2D eigenvalue weighted by atomic mass is 10.1. The molecule has 2 aromatic carbocycles. The van der Waals surface area contributed by atoms with Crippen molar-refractivity contribution in [3.63, 3.8) is 0 Å². The van der Waals surface area contributed by atoms with E-state index < -0.39 is 6.10 Å². The van der Waals surface area contributed by atoms with Crippen molar-refractivity contribution in [3.8, 4) is 5.75 Å². The number of fused-ring (bicyclic) bond motifs is 1. The van der Waals surface area contributed by atoms with Crippen LogP contribution in [0.1, 0.15) is 37.9 Å². The van der Waals surface area contributed by atoms with E-state index in [9.17, 15) is 5.11 Å². The monoisotopic (exact) mass is 409 g/mol. The Morgan fingerprint density at radius 2 is 1.77 bits per heavy atom. The molecule has 0 spiro atoms. The van der Waals surface area contributed by atoms with Gasteiger partial charge in [0.15, 0.2) is 0 Å². The van der Waals surface area contributed by atoms with Crippen LogP contribution in [0.3, 0.4) is 0 Å². The fourth-order valence-electron chi connectivity index (χ4n) is 4.40. The molecule has 0 amide bonds. The summed E-state index contributed by atoms with van der Waals surface area (Å²) in [6, 6.07) is 15.9. The molecule has 6 heteroatoms. The van der Waals surface area contributed by atoms with Gasteiger partial charge >= 0.3 is 5.95 Å². The zero-order valence-corrected chi connectivity index (χ0v) is 17.8. The van der Waals surface area contributed by atoms with Gasteiger partial charge in [-0.15, -0.1) is 0 Å². The maximum atomic E-state index is 10.9. The topological polar surface area (TPSA) is 67.5 Å². The molecule has 0 aliphatic carbocycles. The molecule has 1 aliphatic heterocycles. The van der Waals surface area contributed by atoms with Gasteiger partial charge in [-0.05, 0) is 62.7 Å². The Morgan fingerprint density at radius 1 is 1.03 bits per heavy atom. The predicted molar refractivity (Wildman–Crippen MR) is 119 cm³/mol. The Kier molecular flexibility index (Phi) is 6.55. The second-order valence-corrected chi connectivity index (χ2v) is 8.03. The summed E-state index contributed by atoms with van der Waals surface area (Å²) in [6.45, 7) is 7.22. The standard InChI is InChI=1S/C24H32N4O2/c1-2-30-20-12-10-19(11-13-20)23(29)18-28-22-9-5-4-8-21(22)27(24(28)25)17-16-26-14-6-3-7-15-26/h4-5,8-13,23,25,29H,2-3,6-7,14-18H2,1H3/p+1/t23-/m0/s1. The number of anilines is 1. The van der Waals surface area contributed by atoms with Crippen molar-refractivity contribution in [3.05, 3.63) is 54.1 Å². The molecular formula is C24H33N4O2+. The molecule has 0 radical (unpaired) electrons. The van der Waals surface area contributed by atoms with E-state index in [1.54, 1.807) is 0 Å². The number of ether oxygens (including phenoxy) is 1. The molecule has 1 atom stereocenters. The van der Waals surface area contributed by atoms with Crippen LogP contribution < -0.4 is 15.0 Å². The summed E-state index contributed by atoms with van der Waals surface area (Å²) in [5.41, 5.74) is 9.63. The fourth-order valence-corrected chi connectivity index (χ4v) is 4.40. The molecule has 2 heterocycles. The van der Waals surface area contributed by atoms with Crippen molar-refractivity contribution in [2.24, 2.45) is 0 Å². The van der Waals surface area contributed by atoms with Crippen molar-refractivity contribution < 1.29 is 14.4 Å². The first kappa shape index (κ1) is 20.7. The predicted octanol–water partition coefficient (Wildman–Crippen LogP) is 3.13. The quantitative estimate of drug-likeness (QED) is 0.561. The minimum Gasteiger partial charge on any atom is -0.494 e. The van der Waals surface area contributed by atoms with E-state index in [1.807, 2.05) is 47.9 Å². The lowest BCUT2D eigenvalue weighted by Crippen LogP contribution is -2.40. The van der Waals surface area contributed by atoms with Crippen molar-refractivity contribution in [2.45, 2.75) is 45.4 Å². The first-order valence-corrected chi connectivity index (χ1v) is 11.1. The highest BCUT2D eigenvalue weighted by Gasteiger charge is 2.24. The average molecular weight is 410 g/mol. The number of nitrogens with zero attached hydrogens (tertiary/aromatic N) is 3. The Labute approximate surface area is 178 Å². The SMILES string of the molecule is CCOc1ccc([C@@H](O)C[n+]2c(N)n(CCN3CCCCC3)c3ccccc32)cc1. The molecule has 30 heavy (non-hydrogen) atoms. The lowest BCUT2D eigenvalue weighted by Gasteiger charge is -2.25. The largest absolute Gasteiger partial charge is 0.494 e. The fraction of sp³-hybridized carbons (Fsp3) is 0.458. The number of para-hydroxylation sites is 2. The van der Waals surface area contributed by atoms with Crippen LogP contribution in [0, 0.1) is 0 Å². The molecular weight excluding hydrogens is 376 g/mol. The van der Waals surface area contributed by atoms with E-state index in [4.69, 9.17) is 10.5 Å². The molecule has 1 saturated heterocycles. The van der Waals surface area contributed by atoms with Crippen LogP contribution in [0.15, 0.2) is 48.5 Å². The summed E-state index contributed by atoms with van der Waals surface area (Å²) in [7, 11) is 0. The van der Waals surface area contributed by atoms with E-state index in [0.717, 1.165) is 35.4 Å². The van der Waals surface area contributed by atoms with Gasteiger partial charge in [-0.25, -0.2) is 9.13 Å². The number of benzene rings is 2. The van der Waals surface area contributed by atoms with Gasteiger partial charge in [0, 0.05) is 6.54 Å². The first-order chi connectivity index (χ1) is 14.7. The highest BCUT2D eigenvalue weighted by molar-refractivity contribution is 5.73. The molecule has 1 aromatic heterocycles. The van der Waals surface area contributed by atoms with Gasteiger partial charge in [0.1, 0.15) is 29.4 Å². The third kappa shape index (κ3) is 4.45. The zero-order chi connectivity index (χ0) is 20.9. The number of aliphatic hydroxyl groups excluding tert-OH is 1. The number of hydrogen-bond acceptors (Lipinski definition) is 4. The molecule has 1 fully saturated rings. The number of hydrogen-bond donors (Lipinski definition) is 2. The molecule has 6 nitrogen and oxygen atoms in total. The Balaban J connectivity index is 1.55. The maximum absolute atomic E-state index is 10.9. The van der Waals surface area contributed by atoms with Crippen molar-refractivity contribution in [1.82, 2.24) is 9.47 Å². The highest BCUT2D eigenvalue weighted by Crippen LogP contribution is 2.21. The Morgan fingerprint density at radius 3 is 2.50 bits per heavy atom. The minimum atomic E-state index is -0.644. The van der Waals surface area contributed by atoms with Gasteiger partial charge in [-0.3, -0.25) is 5.73 Å². The second-order valence-electron chi connectivity index (χ2n) is 8.03. The summed E-state index contributed by atoms with van der Waals surface area (Å²) >= 11 is 0. The highest BCUT2D eigenvalue weighted by atomic mass is 16.5. The third-order valence-electron chi connectivity index (χ3n) is 6.04. The van der Waals surface area contributed by atoms with Crippen LogP contribution >= 0.6 is 0 Å². The van der Waals surface area contributed by atoms with Gasteiger partial charge in [-0.2, -0.15) is 0 Å².